The van der Waals surface area contributed by atoms with Gasteiger partial charge in [0.1, 0.15) is 5.75 Å². The number of fused-ring (bicyclic) bond motifs is 3. The monoisotopic (exact) mass is 435 g/mol. The average molecular weight is 435 g/mol. The van der Waals surface area contributed by atoms with Crippen molar-refractivity contribution in [3.05, 3.63) is 33.6 Å². The number of aromatic nitrogens is 1. The van der Waals surface area contributed by atoms with Crippen molar-refractivity contribution < 1.29 is 36.3 Å². The largest absolute Gasteiger partial charge is 0.480 e. The van der Waals surface area contributed by atoms with Gasteiger partial charge in [-0.05, 0) is 31.5 Å². The van der Waals surface area contributed by atoms with Crippen LogP contribution in [0.1, 0.15) is 34.6 Å². The molecule has 0 amide bonds. The second-order valence-corrected chi connectivity index (χ2v) is 8.75. The van der Waals surface area contributed by atoms with Gasteiger partial charge >= 0.3 is 13.8 Å². The van der Waals surface area contributed by atoms with Gasteiger partial charge in [0.05, 0.1) is 24.4 Å². The molecule has 0 spiro atoms. The van der Waals surface area contributed by atoms with Crippen LogP contribution in [0.25, 0.3) is 11.3 Å². The third-order valence-corrected chi connectivity index (χ3v) is 6.60. The molecule has 0 fully saturated rings. The zero-order valence-electron chi connectivity index (χ0n) is 15.0. The van der Waals surface area contributed by atoms with Crippen molar-refractivity contribution in [3.63, 3.8) is 0 Å². The molecule has 1 aromatic heterocycles. The molecule has 1 aliphatic carbocycles. The predicted molar refractivity (Wildman–Crippen MR) is 97.1 cm³/mol. The van der Waals surface area contributed by atoms with Crippen LogP contribution in [0.3, 0.4) is 0 Å². The Morgan fingerprint density at radius 2 is 1.93 bits per heavy atom. The molecule has 1 heterocycles. The number of hydrogen-bond donors (Lipinski definition) is 0. The molecule has 0 N–H and O–H groups in total. The van der Waals surface area contributed by atoms with E-state index in [4.69, 9.17) is 13.8 Å². The van der Waals surface area contributed by atoms with E-state index in [9.17, 15) is 22.5 Å². The van der Waals surface area contributed by atoms with Crippen molar-refractivity contribution in [1.82, 2.24) is 4.98 Å². The Balaban J connectivity index is 1.99. The summed E-state index contributed by atoms with van der Waals surface area (Å²) in [7, 11) is -3.52. The molecule has 1 aliphatic rings. The van der Waals surface area contributed by atoms with Gasteiger partial charge in [-0.25, -0.2) is 4.98 Å². The number of thiazole rings is 1. The molecule has 0 unspecified atom stereocenters. The van der Waals surface area contributed by atoms with Gasteiger partial charge in [0.25, 0.3) is 5.78 Å². The van der Waals surface area contributed by atoms with Crippen molar-refractivity contribution in [2.75, 3.05) is 19.6 Å². The molecule has 0 saturated carbocycles. The summed E-state index contributed by atoms with van der Waals surface area (Å²) in [5, 5.41) is 0. The number of carbonyl (C=O) groups is 1. The fourth-order valence-electron chi connectivity index (χ4n) is 2.97. The topological polar surface area (TPSA) is 74.7 Å². The molecule has 11 heteroatoms. The Morgan fingerprint density at radius 1 is 1.25 bits per heavy atom. The predicted octanol–water partition coefficient (Wildman–Crippen LogP) is 5.06. The Kier molecular flexibility index (Phi) is 5.95. The second-order valence-electron chi connectivity index (χ2n) is 5.81. The first-order chi connectivity index (χ1) is 13.2. The maximum Gasteiger partial charge on any atom is 0.454 e. The van der Waals surface area contributed by atoms with Crippen LogP contribution in [0, 0.1) is 0 Å². The molecular formula is C17H17F3NO5PS. The van der Waals surface area contributed by atoms with Gasteiger partial charge in [-0.15, -0.1) is 11.3 Å². The summed E-state index contributed by atoms with van der Waals surface area (Å²) in [4.78, 5) is 16.8. The minimum absolute atomic E-state index is 0.147. The fraction of sp³-hybridized carbons (Fsp3) is 0.412. The highest BCUT2D eigenvalue weighted by molar-refractivity contribution is 7.53. The summed E-state index contributed by atoms with van der Waals surface area (Å²) in [5.41, 5.74) is 2.12. The lowest BCUT2D eigenvalue weighted by atomic mass is 9.98. The second kappa shape index (κ2) is 7.94. The minimum Gasteiger partial charge on any atom is -0.480 e. The van der Waals surface area contributed by atoms with Gasteiger partial charge in [0.2, 0.25) is 0 Å². The summed E-state index contributed by atoms with van der Waals surface area (Å²) in [6, 6.07) is 2.33. The quantitative estimate of drug-likeness (QED) is 0.364. The molecule has 0 aliphatic heterocycles. The summed E-state index contributed by atoms with van der Waals surface area (Å²) < 4.78 is 67.5. The lowest BCUT2D eigenvalue weighted by Gasteiger charge is -2.19. The van der Waals surface area contributed by atoms with E-state index in [1.807, 2.05) is 0 Å². The van der Waals surface area contributed by atoms with E-state index in [0.717, 1.165) is 10.9 Å². The maximum absolute atomic E-state index is 13.0. The van der Waals surface area contributed by atoms with Crippen LogP contribution in [0.2, 0.25) is 0 Å². The number of alkyl halides is 3. The standard InChI is InChI=1S/C17H17F3NO5PS/c1-3-25-27(23,26-4-2)9-24-12-6-5-10(16(22)17(18,19)20)11-7-13-15(14(11)12)21-8-28-13/h5-6,8H,3-4,7,9H2,1-2H3. The van der Waals surface area contributed by atoms with Gasteiger partial charge in [0.15, 0.2) is 6.35 Å². The van der Waals surface area contributed by atoms with Crippen LogP contribution in [-0.4, -0.2) is 36.5 Å². The Bertz CT molecular complexity index is 933. The first-order valence-electron chi connectivity index (χ1n) is 8.41. The van der Waals surface area contributed by atoms with Crippen molar-refractivity contribution in [2.24, 2.45) is 0 Å². The SMILES string of the molecule is CCOP(=O)(COc1ccc(C(=O)C(F)(F)F)c2c1-c1ncsc1C2)OCC. The first-order valence-corrected chi connectivity index (χ1v) is 11.0. The summed E-state index contributed by atoms with van der Waals surface area (Å²) in [6.07, 6.45) is -5.25. The van der Waals surface area contributed by atoms with E-state index in [1.54, 1.807) is 19.4 Å². The number of benzene rings is 1. The summed E-state index contributed by atoms with van der Waals surface area (Å²) in [5.74, 6) is -1.74. The van der Waals surface area contributed by atoms with Crippen LogP contribution >= 0.6 is 18.9 Å². The molecule has 152 valence electrons. The zero-order chi connectivity index (χ0) is 20.5. The third kappa shape index (κ3) is 4.00. The van der Waals surface area contributed by atoms with E-state index < -0.39 is 31.5 Å². The van der Waals surface area contributed by atoms with E-state index in [-0.39, 0.29) is 30.9 Å². The van der Waals surface area contributed by atoms with E-state index >= 15 is 0 Å². The Hall–Kier alpha value is -1.74. The molecule has 6 nitrogen and oxygen atoms in total. The molecular weight excluding hydrogens is 418 g/mol. The molecule has 0 bridgehead atoms. The summed E-state index contributed by atoms with van der Waals surface area (Å²) >= 11 is 1.28. The summed E-state index contributed by atoms with van der Waals surface area (Å²) in [6.45, 7) is 3.60. The van der Waals surface area contributed by atoms with Gasteiger partial charge in [-0.1, -0.05) is 0 Å². The third-order valence-electron chi connectivity index (χ3n) is 4.02. The maximum atomic E-state index is 13.0. The number of ketones is 1. The molecule has 28 heavy (non-hydrogen) atoms. The Labute approximate surface area is 163 Å². The van der Waals surface area contributed by atoms with Gasteiger partial charge in [-0.3, -0.25) is 9.36 Å². The molecule has 3 rings (SSSR count). The molecule has 1 aromatic carbocycles. The van der Waals surface area contributed by atoms with Crippen molar-refractivity contribution in [1.29, 1.82) is 0 Å². The van der Waals surface area contributed by atoms with E-state index in [1.165, 1.54) is 17.4 Å². The van der Waals surface area contributed by atoms with Gasteiger partial charge in [-0.2, -0.15) is 13.2 Å². The van der Waals surface area contributed by atoms with Crippen LogP contribution in [0.5, 0.6) is 5.75 Å². The molecule has 0 atom stereocenters. The smallest absolute Gasteiger partial charge is 0.454 e. The van der Waals surface area contributed by atoms with Gasteiger partial charge in [0, 0.05) is 22.4 Å². The zero-order valence-corrected chi connectivity index (χ0v) is 16.7. The fourth-order valence-corrected chi connectivity index (χ4v) is 5.06. The van der Waals surface area contributed by atoms with Crippen molar-refractivity contribution in [2.45, 2.75) is 26.4 Å². The molecule has 0 radical (unpaired) electrons. The minimum atomic E-state index is -4.99. The first kappa shape index (κ1) is 21.0. The van der Waals surface area contributed by atoms with Crippen molar-refractivity contribution in [3.8, 4) is 17.0 Å². The Morgan fingerprint density at radius 3 is 2.54 bits per heavy atom. The number of hydrogen-bond acceptors (Lipinski definition) is 7. The lowest BCUT2D eigenvalue weighted by Crippen LogP contribution is -2.24. The average Bonchev–Trinajstić information content (AvgIpc) is 3.20. The number of halogens is 3. The number of Topliss-reactive ketones (excluding diaryl/α,β-unsaturated/α-hetero) is 1. The van der Waals surface area contributed by atoms with Crippen LogP contribution in [0.15, 0.2) is 17.6 Å². The lowest BCUT2D eigenvalue weighted by molar-refractivity contribution is -0.0885. The number of carbonyl (C=O) groups excluding carboxylic acids is 1. The van der Waals surface area contributed by atoms with E-state index in [2.05, 4.69) is 4.98 Å². The highest BCUT2D eigenvalue weighted by atomic mass is 32.1. The molecule has 0 saturated heterocycles. The number of ether oxygens (including phenoxy) is 1. The van der Waals surface area contributed by atoms with Gasteiger partial charge < -0.3 is 13.8 Å². The van der Waals surface area contributed by atoms with Crippen molar-refractivity contribution >= 4 is 24.7 Å². The number of nitrogens with zero attached hydrogens (tertiary/aromatic N) is 1. The normalized spacial score (nSPS) is 13.3. The van der Waals surface area contributed by atoms with Crippen LogP contribution in [0.4, 0.5) is 13.2 Å². The number of rotatable bonds is 8. The van der Waals surface area contributed by atoms with Crippen LogP contribution in [-0.2, 0) is 20.0 Å². The van der Waals surface area contributed by atoms with Crippen LogP contribution < -0.4 is 4.74 Å². The highest BCUT2D eigenvalue weighted by Gasteiger charge is 2.42. The molecule has 2 aromatic rings. The van der Waals surface area contributed by atoms with E-state index in [0.29, 0.717) is 11.3 Å². The highest BCUT2D eigenvalue weighted by Crippen LogP contribution is 2.50.